The van der Waals surface area contributed by atoms with Gasteiger partial charge in [-0.05, 0) is 0 Å². The fourth-order valence-electron chi connectivity index (χ4n) is 0.761. The van der Waals surface area contributed by atoms with Gasteiger partial charge in [0.05, 0.1) is 34.4 Å². The smallest absolute Gasteiger partial charge is 0.393 e. The van der Waals surface area contributed by atoms with Crippen LogP contribution >= 0.6 is 7.82 Å². The Kier molecular flexibility index (Phi) is 7.38. The third-order valence-corrected chi connectivity index (χ3v) is 2.78. The highest BCUT2D eigenvalue weighted by atomic mass is 31.2. The number of phosphoric ester groups is 1. The van der Waals surface area contributed by atoms with E-state index in [0.717, 1.165) is 0 Å². The summed E-state index contributed by atoms with van der Waals surface area (Å²) >= 11 is 0. The first-order valence-corrected chi connectivity index (χ1v) is 6.53. The van der Waals surface area contributed by atoms with Crippen molar-refractivity contribution in [1.29, 1.82) is 0 Å². The minimum absolute atomic E-state index is 0.0566. The van der Waals surface area contributed by atoms with Gasteiger partial charge in [-0.1, -0.05) is 0 Å². The van der Waals surface area contributed by atoms with Crippen LogP contribution in [0.15, 0.2) is 0 Å². The molecule has 0 rings (SSSR count). The minimum atomic E-state index is -4.17. The van der Waals surface area contributed by atoms with Gasteiger partial charge in [-0.2, -0.15) is 0 Å². The van der Waals surface area contributed by atoms with Crippen LogP contribution in [0.4, 0.5) is 0 Å². The van der Waals surface area contributed by atoms with E-state index in [4.69, 9.17) is 14.9 Å². The van der Waals surface area contributed by atoms with Crippen LogP contribution in [0.2, 0.25) is 0 Å². The Labute approximate surface area is 100 Å². The van der Waals surface area contributed by atoms with Gasteiger partial charge in [-0.25, -0.2) is 9.45 Å². The van der Waals surface area contributed by atoms with E-state index in [2.05, 4.69) is 9.41 Å². The van der Waals surface area contributed by atoms with Crippen LogP contribution in [0.25, 0.3) is 0 Å². The third kappa shape index (κ3) is 9.63. The summed E-state index contributed by atoms with van der Waals surface area (Å²) in [6.07, 6.45) is -1.07. The fourth-order valence-corrected chi connectivity index (χ4v) is 1.50. The van der Waals surface area contributed by atoms with E-state index >= 15 is 0 Å². The van der Waals surface area contributed by atoms with Crippen molar-refractivity contribution in [1.82, 2.24) is 0 Å². The summed E-state index contributed by atoms with van der Waals surface area (Å²) in [5.41, 5.74) is 0. The maximum Gasteiger partial charge on any atom is 0.472 e. The molecule has 0 fully saturated rings. The zero-order valence-corrected chi connectivity index (χ0v) is 11.2. The van der Waals surface area contributed by atoms with Crippen molar-refractivity contribution in [2.45, 2.75) is 6.10 Å². The van der Waals surface area contributed by atoms with Crippen LogP contribution in [0.3, 0.4) is 0 Å². The van der Waals surface area contributed by atoms with Crippen molar-refractivity contribution >= 4 is 7.82 Å². The second-order valence-electron chi connectivity index (χ2n) is 4.52. The molecule has 0 aliphatic heterocycles. The van der Waals surface area contributed by atoms with Gasteiger partial charge in [0.2, 0.25) is 0 Å². The van der Waals surface area contributed by atoms with Crippen LogP contribution in [0, 0.1) is 0 Å². The number of aliphatic hydroxyl groups excluding tert-OH is 1. The Balaban J connectivity index is 3.92. The quantitative estimate of drug-likeness (QED) is 0.229. The molecule has 104 valence electrons. The van der Waals surface area contributed by atoms with Crippen LogP contribution in [0.5, 0.6) is 0 Å². The van der Waals surface area contributed by atoms with Crippen LogP contribution < -0.4 is 0 Å². The van der Waals surface area contributed by atoms with Crippen molar-refractivity contribution in [3.05, 3.63) is 0 Å². The summed E-state index contributed by atoms with van der Waals surface area (Å²) in [6.45, 7) is -0.380. The molecule has 0 bridgehead atoms. The van der Waals surface area contributed by atoms with E-state index in [0.29, 0.717) is 11.0 Å². The highest BCUT2D eigenvalue weighted by Crippen LogP contribution is 2.43. The molecule has 9 heteroatoms. The van der Waals surface area contributed by atoms with Crippen LogP contribution in [-0.4, -0.2) is 73.4 Å². The average Bonchev–Trinajstić information content (AvgIpc) is 2.16. The molecule has 2 atom stereocenters. The molecule has 0 aromatic heterocycles. The van der Waals surface area contributed by atoms with Gasteiger partial charge in [0, 0.05) is 0 Å². The summed E-state index contributed by atoms with van der Waals surface area (Å²) in [5.74, 6) is 0. The summed E-state index contributed by atoms with van der Waals surface area (Å²) in [5, 5.41) is 16.9. The van der Waals surface area contributed by atoms with Crippen molar-refractivity contribution in [2.75, 3.05) is 47.5 Å². The molecule has 0 aliphatic rings. The minimum Gasteiger partial charge on any atom is -0.393 e. The molecule has 0 aromatic carbocycles. The molecule has 0 radical (unpaired) electrons. The first kappa shape index (κ1) is 16.9. The monoisotopic (exact) mass is 274 g/mol. The first-order valence-electron chi connectivity index (χ1n) is 5.03. The Morgan fingerprint density at radius 1 is 1.29 bits per heavy atom. The number of hydrogen-bond acceptors (Lipinski definition) is 6. The topological polar surface area (TPSA) is 105 Å². The zero-order valence-electron chi connectivity index (χ0n) is 10.3. The molecular weight excluding hydrogens is 253 g/mol. The number of likely N-dealkylation sites (N-methyl/N-ethyl adjacent to an activating group) is 1. The second kappa shape index (κ2) is 7.40. The number of quaternary nitrogens is 1. The van der Waals surface area contributed by atoms with Gasteiger partial charge >= 0.3 is 7.82 Å². The number of phosphoric acid groups is 1. The van der Waals surface area contributed by atoms with Gasteiger partial charge < -0.3 is 14.5 Å². The maximum absolute atomic E-state index is 11.3. The summed E-state index contributed by atoms with van der Waals surface area (Å²) in [7, 11) is 1.56. The lowest BCUT2D eigenvalue weighted by Crippen LogP contribution is -2.37. The van der Waals surface area contributed by atoms with E-state index in [1.54, 1.807) is 0 Å². The van der Waals surface area contributed by atoms with E-state index in [-0.39, 0.29) is 6.61 Å². The predicted octanol–water partition coefficient (Wildman–Crippen LogP) is -0.323. The van der Waals surface area contributed by atoms with Gasteiger partial charge in [0.25, 0.3) is 0 Å². The molecule has 0 heterocycles. The molecule has 2 unspecified atom stereocenters. The van der Waals surface area contributed by atoms with Gasteiger partial charge in [0.1, 0.15) is 19.3 Å². The van der Waals surface area contributed by atoms with Crippen molar-refractivity contribution < 1.29 is 38.2 Å². The summed E-state index contributed by atoms with van der Waals surface area (Å²) < 4.78 is 21.1. The number of hydrogen-bond donors (Lipinski definition) is 3. The molecule has 0 aliphatic carbocycles. The Bertz CT molecular complexity index is 251. The van der Waals surface area contributed by atoms with Crippen LogP contribution in [0.1, 0.15) is 0 Å². The lowest BCUT2D eigenvalue weighted by molar-refractivity contribution is -0.870. The van der Waals surface area contributed by atoms with E-state index in [9.17, 15) is 9.46 Å². The Morgan fingerprint density at radius 3 is 2.29 bits per heavy atom. The standard InChI is InChI=1S/C8H20NO7P/c1-9(2,3)4-5-14-17(12,13)15-7-8(6-10)16-11/h8,10H,4-7H2,1-3H3,(H-,11,12,13)/p+1. The molecule has 0 saturated carbocycles. The summed E-state index contributed by atoms with van der Waals surface area (Å²) in [6, 6.07) is 0. The van der Waals surface area contributed by atoms with E-state index < -0.39 is 27.1 Å². The van der Waals surface area contributed by atoms with Gasteiger partial charge in [0.15, 0.2) is 0 Å². The van der Waals surface area contributed by atoms with Crippen molar-refractivity contribution in [3.63, 3.8) is 0 Å². The average molecular weight is 274 g/mol. The highest BCUT2D eigenvalue weighted by molar-refractivity contribution is 7.47. The van der Waals surface area contributed by atoms with Crippen LogP contribution in [-0.2, 0) is 18.5 Å². The number of aliphatic hydroxyl groups is 1. The SMILES string of the molecule is C[N+](C)(C)CCOP(=O)(O)OCC(CO)OO. The Morgan fingerprint density at radius 2 is 1.88 bits per heavy atom. The molecule has 17 heavy (non-hydrogen) atoms. The van der Waals surface area contributed by atoms with Gasteiger partial charge in [-0.15, -0.1) is 0 Å². The maximum atomic E-state index is 11.3. The first-order chi connectivity index (χ1) is 7.70. The lowest BCUT2D eigenvalue weighted by atomic mass is 10.4. The fraction of sp³-hybridized carbons (Fsp3) is 1.00. The molecule has 0 spiro atoms. The number of rotatable bonds is 9. The molecule has 8 nitrogen and oxygen atoms in total. The molecule has 0 aromatic rings. The number of nitrogens with zero attached hydrogens (tertiary/aromatic N) is 1. The Hall–Kier alpha value is -0.0500. The predicted molar refractivity (Wildman–Crippen MR) is 59.2 cm³/mol. The van der Waals surface area contributed by atoms with Crippen molar-refractivity contribution in [3.8, 4) is 0 Å². The second-order valence-corrected chi connectivity index (χ2v) is 5.97. The molecular formula is C8H21NO7P+. The molecule has 0 saturated heterocycles. The summed E-state index contributed by atoms with van der Waals surface area (Å²) in [4.78, 5) is 13.0. The largest absolute Gasteiger partial charge is 0.472 e. The van der Waals surface area contributed by atoms with E-state index in [1.165, 1.54) is 0 Å². The third-order valence-electron chi connectivity index (χ3n) is 1.79. The molecule has 3 N–H and O–H groups in total. The van der Waals surface area contributed by atoms with E-state index in [1.807, 2.05) is 21.1 Å². The normalized spacial score (nSPS) is 17.8. The van der Waals surface area contributed by atoms with Crippen molar-refractivity contribution in [2.24, 2.45) is 0 Å². The molecule has 0 amide bonds. The lowest BCUT2D eigenvalue weighted by Gasteiger charge is -2.24. The van der Waals surface area contributed by atoms with Gasteiger partial charge in [-0.3, -0.25) is 14.3 Å². The zero-order chi connectivity index (χ0) is 13.5. The highest BCUT2D eigenvalue weighted by Gasteiger charge is 2.24.